The summed E-state index contributed by atoms with van der Waals surface area (Å²) in [5, 5.41) is 4.15. The smallest absolute Gasteiger partial charge is 0.384 e. The van der Waals surface area contributed by atoms with Crippen molar-refractivity contribution in [3.8, 4) is 11.8 Å². The van der Waals surface area contributed by atoms with Crippen molar-refractivity contribution in [2.24, 2.45) is 0 Å². The minimum Gasteiger partial charge on any atom is -0.459 e. The van der Waals surface area contributed by atoms with Gasteiger partial charge in [-0.15, -0.1) is 0 Å². The largest absolute Gasteiger partial charge is 0.459 e. The average Bonchev–Trinajstić information content (AvgIpc) is 2.61. The molecule has 0 bridgehead atoms. The number of carbonyl (C=O) groups is 1. The molecule has 1 rings (SSSR count). The molecule has 1 aromatic rings. The molecule has 0 amide bonds. The molecule has 0 atom stereocenters. The summed E-state index contributed by atoms with van der Waals surface area (Å²) in [5.74, 6) is 4.49. The molecule has 4 heteroatoms. The van der Waals surface area contributed by atoms with Crippen LogP contribution >= 0.6 is 0 Å². The number of hydrogen-bond acceptors (Lipinski definition) is 3. The zero-order valence-corrected chi connectivity index (χ0v) is 9.37. The molecule has 0 aliphatic heterocycles. The third-order valence-electron chi connectivity index (χ3n) is 1.76. The van der Waals surface area contributed by atoms with Gasteiger partial charge < -0.3 is 4.74 Å². The van der Waals surface area contributed by atoms with E-state index in [0.29, 0.717) is 5.56 Å². The van der Waals surface area contributed by atoms with Gasteiger partial charge in [0.2, 0.25) is 0 Å². The van der Waals surface area contributed by atoms with E-state index in [1.165, 1.54) is 7.11 Å². The van der Waals surface area contributed by atoms with Crippen molar-refractivity contribution in [3.63, 3.8) is 0 Å². The molecule has 0 N–H and O–H groups in total. The predicted molar refractivity (Wildman–Crippen MR) is 56.1 cm³/mol. The van der Waals surface area contributed by atoms with E-state index in [9.17, 15) is 4.79 Å². The van der Waals surface area contributed by atoms with Gasteiger partial charge in [0, 0.05) is 12.1 Å². The van der Waals surface area contributed by atoms with Crippen LogP contribution in [0.2, 0.25) is 0 Å². The van der Waals surface area contributed by atoms with Gasteiger partial charge in [0.05, 0.1) is 24.4 Å². The molecule has 15 heavy (non-hydrogen) atoms. The highest BCUT2D eigenvalue weighted by Crippen LogP contribution is 2.12. The van der Waals surface area contributed by atoms with Crippen molar-refractivity contribution in [1.29, 1.82) is 0 Å². The van der Waals surface area contributed by atoms with E-state index < -0.39 is 5.97 Å². The van der Waals surface area contributed by atoms with Crippen molar-refractivity contribution < 1.29 is 9.53 Å². The predicted octanol–water partition coefficient (Wildman–Crippen LogP) is 1.16. The van der Waals surface area contributed by atoms with E-state index in [-0.39, 0.29) is 5.54 Å². The maximum atomic E-state index is 10.8. The second-order valence-electron chi connectivity index (χ2n) is 4.09. The zero-order chi connectivity index (χ0) is 11.5. The van der Waals surface area contributed by atoms with E-state index in [2.05, 4.69) is 21.7 Å². The van der Waals surface area contributed by atoms with Crippen LogP contribution < -0.4 is 0 Å². The van der Waals surface area contributed by atoms with Crippen LogP contribution in [0.3, 0.4) is 0 Å². The van der Waals surface area contributed by atoms with Gasteiger partial charge in [-0.1, -0.05) is 5.92 Å². The molecule has 0 saturated carbocycles. The summed E-state index contributed by atoms with van der Waals surface area (Å²) in [5.41, 5.74) is 0.626. The number of aromatic nitrogens is 2. The summed E-state index contributed by atoms with van der Waals surface area (Å²) in [7, 11) is 1.30. The first kappa shape index (κ1) is 11.3. The Bertz CT molecular complexity index is 416. The maximum Gasteiger partial charge on any atom is 0.384 e. The second kappa shape index (κ2) is 4.18. The van der Waals surface area contributed by atoms with E-state index in [0.717, 1.165) is 0 Å². The van der Waals surface area contributed by atoms with Gasteiger partial charge in [-0.3, -0.25) is 4.68 Å². The fourth-order valence-electron chi connectivity index (χ4n) is 0.928. The Balaban J connectivity index is 2.85. The van der Waals surface area contributed by atoms with Crippen LogP contribution in [0, 0.1) is 11.8 Å². The van der Waals surface area contributed by atoms with Crippen LogP contribution in [0.4, 0.5) is 0 Å². The van der Waals surface area contributed by atoms with Crippen molar-refractivity contribution in [1.82, 2.24) is 9.78 Å². The van der Waals surface area contributed by atoms with Crippen LogP contribution in [0.15, 0.2) is 12.4 Å². The van der Waals surface area contributed by atoms with Gasteiger partial charge in [-0.05, 0) is 20.8 Å². The van der Waals surface area contributed by atoms with Gasteiger partial charge >= 0.3 is 5.97 Å². The van der Waals surface area contributed by atoms with E-state index in [1.807, 2.05) is 20.8 Å². The normalized spacial score (nSPS) is 10.4. The molecule has 0 fully saturated rings. The van der Waals surface area contributed by atoms with Gasteiger partial charge in [0.1, 0.15) is 0 Å². The number of hydrogen-bond donors (Lipinski definition) is 0. The standard InChI is InChI=1S/C11H14N2O2/c1-11(2,3)13-8-9(7-12-13)5-6-10(14)15-4/h7-8H,1-4H3. The highest BCUT2D eigenvalue weighted by atomic mass is 16.5. The lowest BCUT2D eigenvalue weighted by atomic mass is 10.1. The Labute approximate surface area is 89.2 Å². The number of rotatable bonds is 0. The molecular weight excluding hydrogens is 192 g/mol. The van der Waals surface area contributed by atoms with Crippen LogP contribution in [0.5, 0.6) is 0 Å². The SMILES string of the molecule is COC(=O)C#Cc1cnn(C(C)(C)C)c1. The molecule has 1 heterocycles. The minimum absolute atomic E-state index is 0.0782. The Hall–Kier alpha value is -1.76. The van der Waals surface area contributed by atoms with Gasteiger partial charge in [-0.25, -0.2) is 4.79 Å². The highest BCUT2D eigenvalue weighted by Gasteiger charge is 2.13. The van der Waals surface area contributed by atoms with Crippen molar-refractivity contribution in [2.45, 2.75) is 26.3 Å². The van der Waals surface area contributed by atoms with Crippen LogP contribution in [-0.4, -0.2) is 22.9 Å². The molecule has 0 aliphatic rings. The van der Waals surface area contributed by atoms with Crippen molar-refractivity contribution in [3.05, 3.63) is 18.0 Å². The third-order valence-corrected chi connectivity index (χ3v) is 1.76. The van der Waals surface area contributed by atoms with Crippen LogP contribution in [0.1, 0.15) is 26.3 Å². The molecule has 0 saturated heterocycles. The summed E-state index contributed by atoms with van der Waals surface area (Å²) < 4.78 is 6.21. The highest BCUT2D eigenvalue weighted by molar-refractivity contribution is 5.88. The molecule has 0 radical (unpaired) electrons. The Morgan fingerprint density at radius 2 is 2.20 bits per heavy atom. The first-order chi connectivity index (χ1) is 6.93. The fraction of sp³-hybridized carbons (Fsp3) is 0.455. The molecule has 4 nitrogen and oxygen atoms in total. The summed E-state index contributed by atoms with van der Waals surface area (Å²) in [6.45, 7) is 6.12. The molecule has 80 valence electrons. The minimum atomic E-state index is -0.543. The first-order valence-corrected chi connectivity index (χ1v) is 4.58. The zero-order valence-electron chi connectivity index (χ0n) is 9.37. The van der Waals surface area contributed by atoms with Gasteiger partial charge in [0.25, 0.3) is 0 Å². The van der Waals surface area contributed by atoms with E-state index in [1.54, 1.807) is 17.1 Å². The topological polar surface area (TPSA) is 44.1 Å². The number of nitrogens with zero attached hydrogens (tertiary/aromatic N) is 2. The Morgan fingerprint density at radius 3 is 2.67 bits per heavy atom. The number of ether oxygens (including phenoxy) is 1. The second-order valence-corrected chi connectivity index (χ2v) is 4.09. The average molecular weight is 206 g/mol. The van der Waals surface area contributed by atoms with E-state index >= 15 is 0 Å². The maximum absolute atomic E-state index is 10.8. The lowest BCUT2D eigenvalue weighted by Gasteiger charge is -2.18. The quantitative estimate of drug-likeness (QED) is 0.472. The molecule has 0 aromatic carbocycles. The Morgan fingerprint density at radius 1 is 1.53 bits per heavy atom. The van der Waals surface area contributed by atoms with Crippen molar-refractivity contribution in [2.75, 3.05) is 7.11 Å². The van der Waals surface area contributed by atoms with Gasteiger partial charge in [0.15, 0.2) is 0 Å². The molecule has 1 aromatic heterocycles. The third kappa shape index (κ3) is 3.13. The summed E-state index contributed by atoms with van der Waals surface area (Å²) in [6.07, 6.45) is 3.43. The van der Waals surface area contributed by atoms with Crippen molar-refractivity contribution >= 4 is 5.97 Å². The molecule has 0 aliphatic carbocycles. The van der Waals surface area contributed by atoms with Gasteiger partial charge in [-0.2, -0.15) is 5.10 Å². The molecule has 0 spiro atoms. The summed E-state index contributed by atoms with van der Waals surface area (Å²) in [4.78, 5) is 10.8. The Kier molecular flexibility index (Phi) is 3.15. The number of methoxy groups -OCH3 is 1. The number of esters is 1. The van der Waals surface area contributed by atoms with Crippen LogP contribution in [0.25, 0.3) is 0 Å². The van der Waals surface area contributed by atoms with Crippen LogP contribution in [-0.2, 0) is 15.1 Å². The molecule has 0 unspecified atom stereocenters. The monoisotopic (exact) mass is 206 g/mol. The lowest BCUT2D eigenvalue weighted by Crippen LogP contribution is -2.21. The fourth-order valence-corrected chi connectivity index (χ4v) is 0.928. The lowest BCUT2D eigenvalue weighted by molar-refractivity contribution is -0.133. The molecular formula is C11H14N2O2. The number of carbonyl (C=O) groups excluding carboxylic acids is 1. The van der Waals surface area contributed by atoms with E-state index in [4.69, 9.17) is 0 Å². The summed E-state index contributed by atoms with van der Waals surface area (Å²) >= 11 is 0. The first-order valence-electron chi connectivity index (χ1n) is 4.58. The summed E-state index contributed by atoms with van der Waals surface area (Å²) in [6, 6.07) is 0.